The van der Waals surface area contributed by atoms with Crippen LogP contribution in [0.1, 0.15) is 0 Å². The van der Waals surface area contributed by atoms with E-state index in [4.69, 9.17) is 9.47 Å². The SMILES string of the molecule is COCCOCCNC(=O)C1CSCN1.Cl. The molecule has 16 heavy (non-hydrogen) atoms. The van der Waals surface area contributed by atoms with Crippen LogP contribution in [0.3, 0.4) is 0 Å². The summed E-state index contributed by atoms with van der Waals surface area (Å²) in [5.41, 5.74) is 0. The predicted molar refractivity (Wildman–Crippen MR) is 67.2 cm³/mol. The van der Waals surface area contributed by atoms with Crippen LogP contribution in [-0.4, -0.2) is 57.1 Å². The average Bonchev–Trinajstić information content (AvgIpc) is 2.76. The minimum atomic E-state index is -0.0334. The Kier molecular flexibility index (Phi) is 10.2. The molecule has 0 bridgehead atoms. The normalized spacial score (nSPS) is 19.2. The highest BCUT2D eigenvalue weighted by atomic mass is 35.5. The number of halogens is 1. The molecule has 1 amide bonds. The zero-order chi connectivity index (χ0) is 10.9. The molecular weight excluding hydrogens is 252 g/mol. The Morgan fingerprint density at radius 2 is 2.31 bits per heavy atom. The molecule has 5 nitrogen and oxygen atoms in total. The minimum absolute atomic E-state index is 0. The number of amides is 1. The van der Waals surface area contributed by atoms with E-state index in [2.05, 4.69) is 10.6 Å². The third kappa shape index (κ3) is 6.55. The monoisotopic (exact) mass is 270 g/mol. The predicted octanol–water partition coefficient (Wildman–Crippen LogP) is -0.150. The van der Waals surface area contributed by atoms with Gasteiger partial charge in [-0.2, -0.15) is 0 Å². The van der Waals surface area contributed by atoms with Crippen molar-refractivity contribution in [3.8, 4) is 0 Å². The third-order valence-electron chi connectivity index (χ3n) is 2.01. The van der Waals surface area contributed by atoms with Gasteiger partial charge in [-0.05, 0) is 0 Å². The van der Waals surface area contributed by atoms with E-state index in [1.165, 1.54) is 0 Å². The van der Waals surface area contributed by atoms with Crippen molar-refractivity contribution in [3.05, 3.63) is 0 Å². The molecule has 1 fully saturated rings. The number of hydrogen-bond donors (Lipinski definition) is 2. The molecule has 0 aromatic heterocycles. The van der Waals surface area contributed by atoms with Crippen molar-refractivity contribution in [2.75, 3.05) is 45.1 Å². The largest absolute Gasteiger partial charge is 0.382 e. The van der Waals surface area contributed by atoms with Crippen LogP contribution < -0.4 is 10.6 Å². The molecule has 2 N–H and O–H groups in total. The molecule has 0 saturated carbocycles. The molecule has 1 aliphatic heterocycles. The smallest absolute Gasteiger partial charge is 0.238 e. The van der Waals surface area contributed by atoms with Crippen LogP contribution in [0.4, 0.5) is 0 Å². The number of ether oxygens (including phenoxy) is 2. The maximum absolute atomic E-state index is 11.5. The topological polar surface area (TPSA) is 59.6 Å². The van der Waals surface area contributed by atoms with Crippen molar-refractivity contribution < 1.29 is 14.3 Å². The highest BCUT2D eigenvalue weighted by molar-refractivity contribution is 7.99. The molecule has 1 rings (SSSR count). The molecule has 1 aliphatic rings. The van der Waals surface area contributed by atoms with Gasteiger partial charge in [0.25, 0.3) is 0 Å². The number of hydrogen-bond acceptors (Lipinski definition) is 5. The highest BCUT2D eigenvalue weighted by Crippen LogP contribution is 2.08. The quantitative estimate of drug-likeness (QED) is 0.630. The fourth-order valence-electron chi connectivity index (χ4n) is 1.18. The number of thioether (sulfide) groups is 1. The Bertz CT molecular complexity index is 192. The lowest BCUT2D eigenvalue weighted by molar-refractivity contribution is -0.122. The molecular formula is C9H19ClN2O3S. The van der Waals surface area contributed by atoms with Gasteiger partial charge in [0.05, 0.1) is 25.9 Å². The van der Waals surface area contributed by atoms with Crippen LogP contribution in [0.15, 0.2) is 0 Å². The molecule has 1 saturated heterocycles. The third-order valence-corrected chi connectivity index (χ3v) is 2.95. The molecule has 0 aromatic rings. The first-order valence-electron chi connectivity index (χ1n) is 5.00. The molecule has 0 aliphatic carbocycles. The summed E-state index contributed by atoms with van der Waals surface area (Å²) in [4.78, 5) is 11.5. The zero-order valence-corrected chi connectivity index (χ0v) is 11.0. The Morgan fingerprint density at radius 1 is 1.50 bits per heavy atom. The molecule has 1 heterocycles. The van der Waals surface area contributed by atoms with Crippen molar-refractivity contribution in [3.63, 3.8) is 0 Å². The lowest BCUT2D eigenvalue weighted by Gasteiger charge is -2.10. The molecule has 0 spiro atoms. The standard InChI is InChI=1S/C9H18N2O3S.ClH/c1-13-4-5-14-3-2-10-9(12)8-6-15-7-11-8;/h8,11H,2-7H2,1H3,(H,10,12);1H. The van der Waals surface area contributed by atoms with E-state index >= 15 is 0 Å². The second kappa shape index (κ2) is 10.2. The van der Waals surface area contributed by atoms with Crippen molar-refractivity contribution in [2.45, 2.75) is 6.04 Å². The Hall–Kier alpha value is -0.0100. The van der Waals surface area contributed by atoms with Gasteiger partial charge in [-0.15, -0.1) is 24.2 Å². The van der Waals surface area contributed by atoms with E-state index in [1.54, 1.807) is 18.9 Å². The number of methoxy groups -OCH3 is 1. The van der Waals surface area contributed by atoms with Crippen molar-refractivity contribution >= 4 is 30.1 Å². The van der Waals surface area contributed by atoms with Crippen molar-refractivity contribution in [2.24, 2.45) is 0 Å². The van der Waals surface area contributed by atoms with Crippen LogP contribution in [0, 0.1) is 0 Å². The average molecular weight is 271 g/mol. The second-order valence-corrected chi connectivity index (χ2v) is 4.20. The minimum Gasteiger partial charge on any atom is -0.382 e. The van der Waals surface area contributed by atoms with E-state index in [0.717, 1.165) is 11.6 Å². The first-order valence-corrected chi connectivity index (χ1v) is 6.15. The number of carbonyl (C=O) groups excluding carboxylic acids is 1. The van der Waals surface area contributed by atoms with Gasteiger partial charge in [0.15, 0.2) is 0 Å². The first-order chi connectivity index (χ1) is 7.34. The maximum atomic E-state index is 11.5. The lowest BCUT2D eigenvalue weighted by Crippen LogP contribution is -2.43. The van der Waals surface area contributed by atoms with Gasteiger partial charge in [0, 0.05) is 25.3 Å². The van der Waals surface area contributed by atoms with E-state index in [9.17, 15) is 4.79 Å². The van der Waals surface area contributed by atoms with Gasteiger partial charge < -0.3 is 14.8 Å². The Labute approximate surface area is 106 Å². The molecule has 7 heteroatoms. The van der Waals surface area contributed by atoms with Gasteiger partial charge in [-0.3, -0.25) is 10.1 Å². The van der Waals surface area contributed by atoms with Crippen LogP contribution in [-0.2, 0) is 14.3 Å². The van der Waals surface area contributed by atoms with Crippen molar-refractivity contribution in [1.29, 1.82) is 0 Å². The summed E-state index contributed by atoms with van der Waals surface area (Å²) < 4.78 is 10.0. The number of rotatable bonds is 7. The van der Waals surface area contributed by atoms with Gasteiger partial charge in [0.1, 0.15) is 0 Å². The van der Waals surface area contributed by atoms with E-state index < -0.39 is 0 Å². The summed E-state index contributed by atoms with van der Waals surface area (Å²) in [7, 11) is 1.63. The van der Waals surface area contributed by atoms with Crippen molar-refractivity contribution in [1.82, 2.24) is 10.6 Å². The number of nitrogens with one attached hydrogen (secondary N) is 2. The Morgan fingerprint density at radius 3 is 2.94 bits per heavy atom. The van der Waals surface area contributed by atoms with E-state index in [0.29, 0.717) is 26.4 Å². The first kappa shape index (κ1) is 16.0. The summed E-state index contributed by atoms with van der Waals surface area (Å²) in [6.45, 7) is 2.26. The summed E-state index contributed by atoms with van der Waals surface area (Å²) in [6, 6.07) is -0.0334. The Balaban J connectivity index is 0.00000225. The molecule has 0 aromatic carbocycles. The fourth-order valence-corrected chi connectivity index (χ4v) is 2.12. The molecule has 1 atom stereocenters. The van der Waals surface area contributed by atoms with E-state index in [-0.39, 0.29) is 24.4 Å². The van der Waals surface area contributed by atoms with E-state index in [1.807, 2.05) is 0 Å². The summed E-state index contributed by atoms with van der Waals surface area (Å²) in [6.07, 6.45) is 0. The summed E-state index contributed by atoms with van der Waals surface area (Å²) in [5, 5.41) is 5.93. The maximum Gasteiger partial charge on any atom is 0.238 e. The summed E-state index contributed by atoms with van der Waals surface area (Å²) >= 11 is 1.74. The number of carbonyl (C=O) groups is 1. The van der Waals surface area contributed by atoms with Gasteiger partial charge in [0.2, 0.25) is 5.91 Å². The molecule has 0 radical (unpaired) electrons. The summed E-state index contributed by atoms with van der Waals surface area (Å²) in [5.74, 6) is 1.79. The van der Waals surface area contributed by atoms with Crippen LogP contribution in [0.2, 0.25) is 0 Å². The highest BCUT2D eigenvalue weighted by Gasteiger charge is 2.21. The van der Waals surface area contributed by atoms with Gasteiger partial charge >= 0.3 is 0 Å². The zero-order valence-electron chi connectivity index (χ0n) is 9.36. The molecule has 96 valence electrons. The van der Waals surface area contributed by atoms with Gasteiger partial charge in [-0.25, -0.2) is 0 Å². The van der Waals surface area contributed by atoms with Crippen LogP contribution in [0.5, 0.6) is 0 Å². The fraction of sp³-hybridized carbons (Fsp3) is 0.889. The lowest BCUT2D eigenvalue weighted by atomic mass is 10.3. The molecule has 1 unspecified atom stereocenters. The van der Waals surface area contributed by atoms with Crippen LogP contribution in [0.25, 0.3) is 0 Å². The van der Waals surface area contributed by atoms with Crippen LogP contribution >= 0.6 is 24.2 Å². The second-order valence-electron chi connectivity index (χ2n) is 3.17. The van der Waals surface area contributed by atoms with Gasteiger partial charge in [-0.1, -0.05) is 0 Å².